The number of carbonyl (C=O) groups excluding carboxylic acids is 1. The third-order valence-electron chi connectivity index (χ3n) is 4.66. The minimum absolute atomic E-state index is 0.264. The number of halogens is 1. The Hall–Kier alpha value is -3.12. The van der Waals surface area contributed by atoms with Crippen molar-refractivity contribution in [3.05, 3.63) is 95.3 Å². The van der Waals surface area contributed by atoms with Gasteiger partial charge in [-0.15, -0.1) is 0 Å². The number of nitrogens with zero attached hydrogens (tertiary/aromatic N) is 2. The van der Waals surface area contributed by atoms with Crippen LogP contribution in [-0.4, -0.2) is 22.1 Å². The summed E-state index contributed by atoms with van der Waals surface area (Å²) in [6.07, 6.45) is 0. The van der Waals surface area contributed by atoms with Gasteiger partial charge in [-0.1, -0.05) is 54.2 Å². The van der Waals surface area contributed by atoms with Crippen molar-refractivity contribution in [1.82, 2.24) is 9.55 Å². The van der Waals surface area contributed by atoms with Gasteiger partial charge in [0.05, 0.1) is 29.7 Å². The number of ether oxygens (including phenoxy) is 1. The largest absolute Gasteiger partial charge is 0.462 e. The first-order valence-corrected chi connectivity index (χ1v) is 10.7. The molecule has 0 aliphatic carbocycles. The van der Waals surface area contributed by atoms with Gasteiger partial charge in [0.15, 0.2) is 5.16 Å². The van der Waals surface area contributed by atoms with Crippen LogP contribution in [0.3, 0.4) is 0 Å². The predicted molar refractivity (Wildman–Crippen MR) is 117 cm³/mol. The lowest BCUT2D eigenvalue weighted by Gasteiger charge is -2.10. The van der Waals surface area contributed by atoms with Crippen LogP contribution in [0.5, 0.6) is 0 Å². The predicted octanol–water partition coefficient (Wildman–Crippen LogP) is 5.69. The second kappa shape index (κ2) is 9.13. The van der Waals surface area contributed by atoms with Gasteiger partial charge in [0.25, 0.3) is 0 Å². The first-order chi connectivity index (χ1) is 14.6. The van der Waals surface area contributed by atoms with E-state index in [0.717, 1.165) is 22.0 Å². The van der Waals surface area contributed by atoms with Gasteiger partial charge in [0, 0.05) is 5.75 Å². The number of fused-ring (bicyclic) bond motifs is 1. The summed E-state index contributed by atoms with van der Waals surface area (Å²) in [7, 11) is 0. The van der Waals surface area contributed by atoms with E-state index in [1.54, 1.807) is 36.9 Å². The molecule has 152 valence electrons. The molecule has 6 heteroatoms. The van der Waals surface area contributed by atoms with E-state index in [9.17, 15) is 9.18 Å². The van der Waals surface area contributed by atoms with E-state index in [1.165, 1.54) is 17.7 Å². The van der Waals surface area contributed by atoms with Gasteiger partial charge in [-0.05, 0) is 48.4 Å². The minimum atomic E-state index is -0.363. The molecule has 0 spiro atoms. The molecule has 0 saturated carbocycles. The quantitative estimate of drug-likeness (QED) is 0.284. The number of aromatic nitrogens is 2. The highest BCUT2D eigenvalue weighted by Gasteiger charge is 2.15. The molecule has 30 heavy (non-hydrogen) atoms. The van der Waals surface area contributed by atoms with Crippen molar-refractivity contribution >= 4 is 28.8 Å². The number of rotatable bonds is 7. The number of esters is 1. The Balaban J connectivity index is 1.71. The van der Waals surface area contributed by atoms with E-state index in [-0.39, 0.29) is 11.8 Å². The molecule has 0 radical (unpaired) electrons. The fourth-order valence-corrected chi connectivity index (χ4v) is 4.22. The molecule has 0 N–H and O–H groups in total. The van der Waals surface area contributed by atoms with Gasteiger partial charge in [-0.2, -0.15) is 0 Å². The van der Waals surface area contributed by atoms with Gasteiger partial charge < -0.3 is 9.30 Å². The molecule has 0 aliphatic heterocycles. The Morgan fingerprint density at radius 2 is 1.83 bits per heavy atom. The lowest BCUT2D eigenvalue weighted by molar-refractivity contribution is 0.0526. The highest BCUT2D eigenvalue weighted by atomic mass is 32.2. The maximum absolute atomic E-state index is 13.7. The smallest absolute Gasteiger partial charge is 0.338 e. The van der Waals surface area contributed by atoms with Crippen molar-refractivity contribution in [2.45, 2.75) is 24.4 Å². The van der Waals surface area contributed by atoms with E-state index < -0.39 is 0 Å². The molecule has 0 atom stereocenters. The molecule has 4 aromatic rings. The van der Waals surface area contributed by atoms with E-state index >= 15 is 0 Å². The minimum Gasteiger partial charge on any atom is -0.462 e. The maximum Gasteiger partial charge on any atom is 0.338 e. The van der Waals surface area contributed by atoms with Crippen LogP contribution in [0.25, 0.3) is 11.0 Å². The zero-order valence-electron chi connectivity index (χ0n) is 16.5. The summed E-state index contributed by atoms with van der Waals surface area (Å²) in [5.41, 5.74) is 4.12. The van der Waals surface area contributed by atoms with Crippen molar-refractivity contribution in [3.8, 4) is 0 Å². The topological polar surface area (TPSA) is 44.1 Å². The van der Waals surface area contributed by atoms with Crippen molar-refractivity contribution in [2.24, 2.45) is 0 Å². The third-order valence-corrected chi connectivity index (χ3v) is 5.71. The van der Waals surface area contributed by atoms with E-state index in [4.69, 9.17) is 9.72 Å². The first-order valence-electron chi connectivity index (χ1n) is 9.72. The average Bonchev–Trinajstić information content (AvgIpc) is 3.10. The molecule has 1 aromatic heterocycles. The number of carbonyl (C=O) groups is 1. The third kappa shape index (κ3) is 4.54. The molecular weight excluding hydrogens is 399 g/mol. The van der Waals surface area contributed by atoms with Crippen LogP contribution >= 0.6 is 11.8 Å². The first kappa shape index (κ1) is 20.2. The van der Waals surface area contributed by atoms with Gasteiger partial charge in [0.2, 0.25) is 0 Å². The van der Waals surface area contributed by atoms with Crippen LogP contribution in [0.2, 0.25) is 0 Å². The molecular formula is C24H21FN2O2S. The lowest BCUT2D eigenvalue weighted by atomic mass is 10.2. The molecule has 1 heterocycles. The zero-order valence-corrected chi connectivity index (χ0v) is 17.4. The molecule has 0 unspecified atom stereocenters. The summed E-state index contributed by atoms with van der Waals surface area (Å²) in [5, 5.41) is 0.819. The summed E-state index contributed by atoms with van der Waals surface area (Å²) >= 11 is 1.62. The number of hydrogen-bond acceptors (Lipinski definition) is 4. The molecule has 4 nitrogen and oxygen atoms in total. The highest BCUT2D eigenvalue weighted by Crippen LogP contribution is 2.28. The number of benzene rings is 3. The number of hydrogen-bond donors (Lipinski definition) is 0. The second-order valence-electron chi connectivity index (χ2n) is 6.81. The molecule has 0 aliphatic rings. The summed E-state index contributed by atoms with van der Waals surface area (Å²) in [4.78, 5) is 16.9. The Kier molecular flexibility index (Phi) is 6.14. The van der Waals surface area contributed by atoms with Gasteiger partial charge in [-0.3, -0.25) is 0 Å². The van der Waals surface area contributed by atoms with Crippen molar-refractivity contribution in [1.29, 1.82) is 0 Å². The number of thioether (sulfide) groups is 1. The van der Waals surface area contributed by atoms with Crippen molar-refractivity contribution in [2.75, 3.05) is 6.61 Å². The maximum atomic E-state index is 13.7. The summed E-state index contributed by atoms with van der Waals surface area (Å²) < 4.78 is 20.9. The van der Waals surface area contributed by atoms with Crippen LogP contribution in [0.1, 0.15) is 28.4 Å². The van der Waals surface area contributed by atoms with Crippen molar-refractivity contribution in [3.63, 3.8) is 0 Å². The van der Waals surface area contributed by atoms with Gasteiger partial charge >= 0.3 is 5.97 Å². The summed E-state index contributed by atoms with van der Waals surface area (Å²) in [6, 6.07) is 22.1. The van der Waals surface area contributed by atoms with E-state index in [2.05, 4.69) is 16.7 Å². The van der Waals surface area contributed by atoms with E-state index in [1.807, 2.05) is 30.3 Å². The highest BCUT2D eigenvalue weighted by molar-refractivity contribution is 7.98. The summed E-state index contributed by atoms with van der Waals surface area (Å²) in [5.74, 6) is 0.135. The van der Waals surface area contributed by atoms with Crippen LogP contribution < -0.4 is 0 Å². The molecule has 4 rings (SSSR count). The number of imidazole rings is 1. The van der Waals surface area contributed by atoms with Crippen LogP contribution in [0, 0.1) is 5.82 Å². The molecule has 0 bridgehead atoms. The van der Waals surface area contributed by atoms with Gasteiger partial charge in [-0.25, -0.2) is 14.2 Å². The Labute approximate surface area is 178 Å². The van der Waals surface area contributed by atoms with Crippen LogP contribution in [-0.2, 0) is 17.0 Å². The molecule has 3 aromatic carbocycles. The molecule has 0 fully saturated rings. The zero-order chi connectivity index (χ0) is 20.9. The average molecular weight is 421 g/mol. The SMILES string of the molecule is CCOC(=O)c1ccc2c(c1)nc(SCc1ccccc1)n2Cc1cccc(F)c1. The fraction of sp³-hybridized carbons (Fsp3) is 0.167. The van der Waals surface area contributed by atoms with Crippen LogP contribution in [0.4, 0.5) is 4.39 Å². The fourth-order valence-electron chi connectivity index (χ4n) is 3.25. The lowest BCUT2D eigenvalue weighted by Crippen LogP contribution is -2.05. The Morgan fingerprint density at radius 1 is 1.03 bits per heavy atom. The molecule has 0 amide bonds. The standard InChI is InChI=1S/C24H21FN2O2S/c1-2-29-23(28)19-11-12-22-21(14-19)26-24(30-16-17-7-4-3-5-8-17)27(22)15-18-9-6-10-20(25)13-18/h3-14H,2,15-16H2,1H3. The summed E-state index contributed by atoms with van der Waals surface area (Å²) in [6.45, 7) is 2.59. The second-order valence-corrected chi connectivity index (χ2v) is 7.75. The monoisotopic (exact) mass is 420 g/mol. The molecule has 0 saturated heterocycles. The van der Waals surface area contributed by atoms with E-state index in [0.29, 0.717) is 24.2 Å². The normalized spacial score (nSPS) is 11.0. The van der Waals surface area contributed by atoms with Crippen molar-refractivity contribution < 1.29 is 13.9 Å². The van der Waals surface area contributed by atoms with Gasteiger partial charge in [0.1, 0.15) is 5.82 Å². The Bertz CT molecular complexity index is 1170. The van der Waals surface area contributed by atoms with Crippen LogP contribution in [0.15, 0.2) is 78.0 Å². The Morgan fingerprint density at radius 3 is 2.60 bits per heavy atom.